The van der Waals surface area contributed by atoms with E-state index in [1.165, 1.54) is 0 Å². The molecule has 0 saturated carbocycles. The number of amides is 3. The van der Waals surface area contributed by atoms with Crippen molar-refractivity contribution in [3.63, 3.8) is 0 Å². The van der Waals surface area contributed by atoms with Gasteiger partial charge in [-0.05, 0) is 42.3 Å². The van der Waals surface area contributed by atoms with Crippen LogP contribution in [-0.4, -0.2) is 23.6 Å². The van der Waals surface area contributed by atoms with Crippen molar-refractivity contribution in [2.75, 3.05) is 6.79 Å². The lowest BCUT2D eigenvalue weighted by molar-refractivity contribution is -0.131. The van der Waals surface area contributed by atoms with Crippen LogP contribution < -0.4 is 14.8 Å². The number of rotatable bonds is 3. The lowest BCUT2D eigenvalue weighted by atomic mass is 9.91. The highest BCUT2D eigenvalue weighted by Crippen LogP contribution is 2.38. The van der Waals surface area contributed by atoms with Gasteiger partial charge in [0.25, 0.3) is 5.91 Å². The number of carbonyl (C=O) groups is 2. The maximum Gasteiger partial charge on any atom is 0.325 e. The van der Waals surface area contributed by atoms with Gasteiger partial charge >= 0.3 is 6.03 Å². The Morgan fingerprint density at radius 1 is 1.12 bits per heavy atom. The van der Waals surface area contributed by atoms with Gasteiger partial charge in [0.15, 0.2) is 11.5 Å². The van der Waals surface area contributed by atoms with E-state index in [4.69, 9.17) is 32.7 Å². The molecule has 1 atom stereocenters. The van der Waals surface area contributed by atoms with Crippen molar-refractivity contribution < 1.29 is 19.1 Å². The average Bonchev–Trinajstić information content (AvgIpc) is 3.15. The minimum atomic E-state index is -1.20. The van der Waals surface area contributed by atoms with Crippen molar-refractivity contribution in [1.29, 1.82) is 0 Å². The van der Waals surface area contributed by atoms with E-state index in [-0.39, 0.29) is 19.2 Å². The van der Waals surface area contributed by atoms with E-state index in [0.29, 0.717) is 32.7 Å². The second-order valence-electron chi connectivity index (χ2n) is 6.25. The molecule has 8 heteroatoms. The molecule has 2 aliphatic rings. The van der Waals surface area contributed by atoms with Gasteiger partial charge in [-0.1, -0.05) is 35.3 Å². The molecule has 2 aliphatic heterocycles. The van der Waals surface area contributed by atoms with Crippen molar-refractivity contribution in [3.8, 4) is 11.5 Å². The highest BCUT2D eigenvalue weighted by molar-refractivity contribution is 6.35. The molecule has 0 aliphatic carbocycles. The number of halogens is 2. The number of benzene rings is 2. The molecular weight excluding hydrogens is 379 g/mol. The monoisotopic (exact) mass is 392 g/mol. The van der Waals surface area contributed by atoms with E-state index in [1.807, 2.05) is 0 Å². The highest BCUT2D eigenvalue weighted by atomic mass is 35.5. The fourth-order valence-electron chi connectivity index (χ4n) is 3.06. The van der Waals surface area contributed by atoms with Crippen LogP contribution in [-0.2, 0) is 16.9 Å². The summed E-state index contributed by atoms with van der Waals surface area (Å²) >= 11 is 12.1. The van der Waals surface area contributed by atoms with E-state index in [2.05, 4.69) is 5.32 Å². The Hall–Kier alpha value is -2.44. The fourth-order valence-corrected chi connectivity index (χ4v) is 3.53. The summed E-state index contributed by atoms with van der Waals surface area (Å²) in [5, 5.41) is 3.65. The van der Waals surface area contributed by atoms with Gasteiger partial charge in [-0.25, -0.2) is 4.79 Å². The van der Waals surface area contributed by atoms with Crippen LogP contribution in [0, 0.1) is 0 Å². The summed E-state index contributed by atoms with van der Waals surface area (Å²) in [5.74, 6) is 0.788. The SMILES string of the molecule is C[C@@]1(c2ccc3c(c2)OCO3)NC(=O)N(Cc2ccc(Cl)cc2Cl)C1=O. The Labute approximate surface area is 159 Å². The molecule has 6 nitrogen and oxygen atoms in total. The first kappa shape index (κ1) is 17.0. The van der Waals surface area contributed by atoms with Crippen LogP contribution in [0.3, 0.4) is 0 Å². The van der Waals surface area contributed by atoms with Crippen molar-refractivity contribution in [2.45, 2.75) is 19.0 Å². The Morgan fingerprint density at radius 3 is 2.65 bits per heavy atom. The van der Waals surface area contributed by atoms with Crippen molar-refractivity contribution in [3.05, 3.63) is 57.6 Å². The van der Waals surface area contributed by atoms with E-state index < -0.39 is 11.6 Å². The molecule has 2 heterocycles. The van der Waals surface area contributed by atoms with Crippen LogP contribution in [0.4, 0.5) is 4.79 Å². The Kier molecular flexibility index (Phi) is 3.97. The zero-order valence-electron chi connectivity index (χ0n) is 13.7. The van der Waals surface area contributed by atoms with Crippen LogP contribution >= 0.6 is 23.2 Å². The van der Waals surface area contributed by atoms with E-state index in [0.717, 1.165) is 4.90 Å². The molecule has 0 bridgehead atoms. The first-order valence-electron chi connectivity index (χ1n) is 7.86. The summed E-state index contributed by atoms with van der Waals surface area (Å²) in [7, 11) is 0. The number of imide groups is 1. The van der Waals surface area contributed by atoms with E-state index >= 15 is 0 Å². The van der Waals surface area contributed by atoms with Gasteiger partial charge < -0.3 is 14.8 Å². The van der Waals surface area contributed by atoms with E-state index in [1.54, 1.807) is 43.3 Å². The smallest absolute Gasteiger partial charge is 0.325 e. The van der Waals surface area contributed by atoms with E-state index in [9.17, 15) is 9.59 Å². The number of nitrogens with zero attached hydrogens (tertiary/aromatic N) is 1. The average molecular weight is 393 g/mol. The van der Waals surface area contributed by atoms with Gasteiger partial charge in [0, 0.05) is 10.0 Å². The van der Waals surface area contributed by atoms with Crippen LogP contribution in [0.1, 0.15) is 18.1 Å². The number of ether oxygens (including phenoxy) is 2. The molecule has 3 amide bonds. The molecular formula is C18H14Cl2N2O4. The second-order valence-corrected chi connectivity index (χ2v) is 7.09. The van der Waals surface area contributed by atoms with Crippen LogP contribution in [0.5, 0.6) is 11.5 Å². The second kappa shape index (κ2) is 6.07. The molecule has 1 fully saturated rings. The zero-order chi connectivity index (χ0) is 18.5. The van der Waals surface area contributed by atoms with Crippen molar-refractivity contribution in [2.24, 2.45) is 0 Å². The minimum absolute atomic E-state index is 0.0564. The highest BCUT2D eigenvalue weighted by Gasteiger charge is 2.49. The Morgan fingerprint density at radius 2 is 1.88 bits per heavy atom. The molecule has 1 saturated heterocycles. The normalized spacial score (nSPS) is 21.3. The minimum Gasteiger partial charge on any atom is -0.454 e. The van der Waals surface area contributed by atoms with Crippen LogP contribution in [0.15, 0.2) is 36.4 Å². The Balaban J connectivity index is 1.64. The van der Waals surface area contributed by atoms with Gasteiger partial charge in [0.1, 0.15) is 5.54 Å². The number of hydrogen-bond acceptors (Lipinski definition) is 4. The number of carbonyl (C=O) groups excluding carboxylic acids is 2. The quantitative estimate of drug-likeness (QED) is 0.808. The van der Waals surface area contributed by atoms with Crippen LogP contribution in [0.25, 0.3) is 0 Å². The molecule has 2 aromatic rings. The summed E-state index contributed by atoms with van der Waals surface area (Å²) < 4.78 is 10.7. The Bertz CT molecular complexity index is 933. The van der Waals surface area contributed by atoms with Gasteiger partial charge in [-0.15, -0.1) is 0 Å². The number of hydrogen-bond donors (Lipinski definition) is 1. The van der Waals surface area contributed by atoms with Gasteiger partial charge in [0.2, 0.25) is 6.79 Å². The summed E-state index contributed by atoms with van der Waals surface area (Å²) in [4.78, 5) is 26.6. The lowest BCUT2D eigenvalue weighted by Crippen LogP contribution is -2.40. The largest absolute Gasteiger partial charge is 0.454 e. The zero-order valence-corrected chi connectivity index (χ0v) is 15.2. The summed E-state index contributed by atoms with van der Waals surface area (Å²) in [6.45, 7) is 1.85. The molecule has 0 unspecified atom stereocenters. The standard InChI is InChI=1S/C18H14Cl2N2O4/c1-18(11-3-5-14-15(6-11)26-9-25-14)16(23)22(17(24)21-18)8-10-2-4-12(19)7-13(10)20/h2-7H,8-9H2,1H3,(H,21,24)/t18-/m0/s1. The molecule has 2 aromatic carbocycles. The van der Waals surface area contributed by atoms with Crippen LogP contribution in [0.2, 0.25) is 10.0 Å². The summed E-state index contributed by atoms with van der Waals surface area (Å²) in [6, 6.07) is 9.62. The molecule has 1 N–H and O–H groups in total. The first-order chi connectivity index (χ1) is 12.4. The predicted octanol–water partition coefficient (Wildman–Crippen LogP) is 3.69. The van der Waals surface area contributed by atoms with Gasteiger partial charge in [-0.3, -0.25) is 9.69 Å². The van der Waals surface area contributed by atoms with Gasteiger partial charge in [0.05, 0.1) is 6.54 Å². The van der Waals surface area contributed by atoms with Gasteiger partial charge in [-0.2, -0.15) is 0 Å². The maximum atomic E-state index is 13.0. The third-order valence-electron chi connectivity index (χ3n) is 4.57. The van der Waals surface area contributed by atoms with Crippen molar-refractivity contribution in [1.82, 2.24) is 10.2 Å². The molecule has 0 aromatic heterocycles. The number of fused-ring (bicyclic) bond motifs is 1. The first-order valence-corrected chi connectivity index (χ1v) is 8.62. The third-order valence-corrected chi connectivity index (χ3v) is 5.16. The topological polar surface area (TPSA) is 67.9 Å². The summed E-state index contributed by atoms with van der Waals surface area (Å²) in [6.07, 6.45) is 0. The summed E-state index contributed by atoms with van der Waals surface area (Å²) in [5.41, 5.74) is 0.0519. The number of nitrogens with one attached hydrogen (secondary N) is 1. The maximum absolute atomic E-state index is 13.0. The molecule has 134 valence electrons. The lowest BCUT2D eigenvalue weighted by Gasteiger charge is -2.22. The fraction of sp³-hybridized carbons (Fsp3) is 0.222. The van der Waals surface area contributed by atoms with Crippen molar-refractivity contribution >= 4 is 35.1 Å². The molecule has 4 rings (SSSR count). The molecule has 0 spiro atoms. The number of urea groups is 1. The molecule has 0 radical (unpaired) electrons. The predicted molar refractivity (Wildman–Crippen MR) is 95.5 cm³/mol. The third kappa shape index (κ3) is 2.66. The molecule has 26 heavy (non-hydrogen) atoms.